The lowest BCUT2D eigenvalue weighted by Gasteiger charge is -2.14. The quantitative estimate of drug-likeness (QED) is 0.242. The summed E-state index contributed by atoms with van der Waals surface area (Å²) < 4.78 is 0. The Bertz CT molecular complexity index is 650. The van der Waals surface area contributed by atoms with Crippen molar-refractivity contribution >= 4 is 29.5 Å². The molecule has 7 heteroatoms. The normalized spacial score (nSPS) is 12.4. The summed E-state index contributed by atoms with van der Waals surface area (Å²) in [5.74, 6) is -0.639. The van der Waals surface area contributed by atoms with Gasteiger partial charge in [0.1, 0.15) is 6.04 Å². The Hall–Kier alpha value is -2.02. The average Bonchev–Trinajstić information content (AvgIpc) is 2.63. The fraction of sp³-hybridized carbons (Fsp3) is 0.625. The molecular weight excluding hydrogens is 412 g/mol. The van der Waals surface area contributed by atoms with E-state index in [2.05, 4.69) is 56.6 Å². The van der Waals surface area contributed by atoms with Crippen molar-refractivity contribution in [3.05, 3.63) is 34.9 Å². The van der Waals surface area contributed by atoms with Crippen molar-refractivity contribution in [2.45, 2.75) is 80.2 Å². The second-order valence-corrected chi connectivity index (χ2v) is 8.76. The van der Waals surface area contributed by atoms with E-state index in [-0.39, 0.29) is 32.2 Å². The van der Waals surface area contributed by atoms with E-state index in [9.17, 15) is 19.5 Å². The molecule has 0 radical (unpaired) electrons. The summed E-state index contributed by atoms with van der Waals surface area (Å²) in [4.78, 5) is 33.9. The molecule has 0 aliphatic heterocycles. The van der Waals surface area contributed by atoms with Crippen LogP contribution in [-0.4, -0.2) is 47.0 Å². The Morgan fingerprint density at radius 3 is 2.03 bits per heavy atom. The Morgan fingerprint density at radius 2 is 1.48 bits per heavy atom. The molecule has 0 aliphatic rings. The lowest BCUT2D eigenvalue weighted by atomic mass is 10.1. The van der Waals surface area contributed by atoms with Crippen molar-refractivity contribution in [2.75, 3.05) is 18.1 Å². The van der Waals surface area contributed by atoms with E-state index in [0.717, 1.165) is 25.7 Å². The maximum Gasteiger partial charge on any atom is 0.327 e. The van der Waals surface area contributed by atoms with Crippen LogP contribution >= 0.6 is 11.8 Å². The summed E-state index contributed by atoms with van der Waals surface area (Å²) in [6.07, 6.45) is 10.9. The van der Waals surface area contributed by atoms with E-state index < -0.39 is 12.0 Å². The van der Waals surface area contributed by atoms with Gasteiger partial charge in [-0.3, -0.25) is 9.59 Å². The third kappa shape index (κ3) is 19.7. The second kappa shape index (κ2) is 18.7. The van der Waals surface area contributed by atoms with Crippen LogP contribution < -0.4 is 10.6 Å². The smallest absolute Gasteiger partial charge is 0.327 e. The minimum Gasteiger partial charge on any atom is -0.480 e. The van der Waals surface area contributed by atoms with Gasteiger partial charge in [0, 0.05) is 31.4 Å². The van der Waals surface area contributed by atoms with E-state index in [4.69, 9.17) is 0 Å². The van der Waals surface area contributed by atoms with Crippen molar-refractivity contribution in [1.82, 2.24) is 10.6 Å². The number of carboxylic acids is 1. The minimum absolute atomic E-state index is 0. The van der Waals surface area contributed by atoms with Crippen LogP contribution in [0.2, 0.25) is 0 Å². The molecule has 1 atom stereocenters. The molecule has 0 rings (SSSR count). The number of carboxylic acid groups (broad SMARTS) is 1. The highest BCUT2D eigenvalue weighted by atomic mass is 32.2. The van der Waals surface area contributed by atoms with E-state index in [1.807, 2.05) is 0 Å². The molecule has 0 bridgehead atoms. The molecule has 0 aromatic carbocycles. The number of amides is 2. The standard InChI is InChI=1S/C23H38N2O4S.CH4/c1-17(2)8-6-9-18(3)10-7-11-19(4)13-15-30-16-21(23(28)29)25-22(27)12-14-24-20(5)26;/h8,10,13,21H,6-7,9,11-12,14-16H2,1-5H3,(H,24,26)(H,25,27)(H,28,29);1H4/b18-10+,19-13+;/t21-;/m0./s1. The Labute approximate surface area is 193 Å². The van der Waals surface area contributed by atoms with E-state index in [0.29, 0.717) is 11.5 Å². The van der Waals surface area contributed by atoms with Crippen LogP contribution in [0.5, 0.6) is 0 Å². The number of carbonyl (C=O) groups is 3. The zero-order chi connectivity index (χ0) is 22.9. The van der Waals surface area contributed by atoms with E-state index in [1.165, 1.54) is 35.4 Å². The van der Waals surface area contributed by atoms with Crippen LogP contribution in [-0.2, 0) is 14.4 Å². The fourth-order valence-electron chi connectivity index (χ4n) is 2.52. The van der Waals surface area contributed by atoms with Gasteiger partial charge in [0.25, 0.3) is 0 Å². The predicted octanol–water partition coefficient (Wildman–Crippen LogP) is 4.87. The molecule has 0 aromatic rings. The second-order valence-electron chi connectivity index (χ2n) is 7.69. The lowest BCUT2D eigenvalue weighted by Crippen LogP contribution is -2.43. The number of hydrogen-bond donors (Lipinski definition) is 3. The number of carbonyl (C=O) groups excluding carboxylic acids is 2. The third-order valence-electron chi connectivity index (χ3n) is 4.32. The summed E-state index contributed by atoms with van der Waals surface area (Å²) >= 11 is 1.48. The van der Waals surface area contributed by atoms with Crippen LogP contribution in [0.3, 0.4) is 0 Å². The molecule has 0 fully saturated rings. The molecule has 31 heavy (non-hydrogen) atoms. The van der Waals surface area contributed by atoms with Crippen molar-refractivity contribution in [3.8, 4) is 0 Å². The third-order valence-corrected chi connectivity index (χ3v) is 5.29. The summed E-state index contributed by atoms with van der Waals surface area (Å²) in [5, 5.41) is 14.3. The highest BCUT2D eigenvalue weighted by Gasteiger charge is 2.19. The van der Waals surface area contributed by atoms with E-state index in [1.54, 1.807) is 0 Å². The number of aliphatic carboxylic acids is 1. The maximum atomic E-state index is 11.8. The molecule has 0 aliphatic carbocycles. The van der Waals surface area contributed by atoms with Crippen molar-refractivity contribution < 1.29 is 19.5 Å². The molecule has 0 unspecified atom stereocenters. The summed E-state index contributed by atoms with van der Waals surface area (Å²) in [6.45, 7) is 10.1. The van der Waals surface area contributed by atoms with Crippen LogP contribution in [0.25, 0.3) is 0 Å². The monoisotopic (exact) mass is 454 g/mol. The van der Waals surface area contributed by atoms with Gasteiger partial charge in [-0.1, -0.05) is 42.4 Å². The van der Waals surface area contributed by atoms with Gasteiger partial charge in [0.15, 0.2) is 0 Å². The highest BCUT2D eigenvalue weighted by molar-refractivity contribution is 7.99. The van der Waals surface area contributed by atoms with Crippen LogP contribution in [0.4, 0.5) is 0 Å². The predicted molar refractivity (Wildman–Crippen MR) is 132 cm³/mol. The van der Waals surface area contributed by atoms with Gasteiger partial charge in [0.2, 0.25) is 11.8 Å². The molecule has 6 nitrogen and oxygen atoms in total. The molecule has 3 N–H and O–H groups in total. The first-order valence-corrected chi connectivity index (χ1v) is 11.6. The molecule has 178 valence electrons. The average molecular weight is 455 g/mol. The van der Waals surface area contributed by atoms with Crippen LogP contribution in [0, 0.1) is 0 Å². The van der Waals surface area contributed by atoms with Crippen molar-refractivity contribution in [1.29, 1.82) is 0 Å². The van der Waals surface area contributed by atoms with Crippen LogP contribution in [0.15, 0.2) is 34.9 Å². The summed E-state index contributed by atoms with van der Waals surface area (Å²) in [7, 11) is 0. The summed E-state index contributed by atoms with van der Waals surface area (Å²) in [5.41, 5.74) is 4.05. The number of hydrogen-bond acceptors (Lipinski definition) is 4. The molecule has 0 aromatic heterocycles. The SMILES string of the molecule is C.CC(=O)NCCC(=O)N[C@@H](CSC/C=C(\C)CC/C=C(\C)CCC=C(C)C)C(=O)O. The first-order valence-electron chi connectivity index (χ1n) is 10.4. The molecular formula is C24H42N2O4S. The van der Waals surface area contributed by atoms with Crippen molar-refractivity contribution in [3.63, 3.8) is 0 Å². The number of allylic oxidation sites excluding steroid dienone is 5. The molecule has 0 spiro atoms. The zero-order valence-corrected chi connectivity index (χ0v) is 19.9. The van der Waals surface area contributed by atoms with E-state index >= 15 is 0 Å². The van der Waals surface area contributed by atoms with Gasteiger partial charge in [-0.15, -0.1) is 0 Å². The van der Waals surface area contributed by atoms with Gasteiger partial charge in [-0.2, -0.15) is 11.8 Å². The first-order chi connectivity index (χ1) is 14.1. The highest BCUT2D eigenvalue weighted by Crippen LogP contribution is 2.13. The first kappa shape index (κ1) is 31.2. The summed E-state index contributed by atoms with van der Waals surface area (Å²) in [6, 6.07) is -0.931. The van der Waals surface area contributed by atoms with Gasteiger partial charge in [-0.25, -0.2) is 4.79 Å². The molecule has 0 heterocycles. The maximum absolute atomic E-state index is 11.8. The van der Waals surface area contributed by atoms with Crippen LogP contribution in [0.1, 0.15) is 74.1 Å². The lowest BCUT2D eigenvalue weighted by molar-refractivity contribution is -0.141. The fourth-order valence-corrected chi connectivity index (χ4v) is 3.52. The van der Waals surface area contributed by atoms with Gasteiger partial charge in [0.05, 0.1) is 0 Å². The molecule has 2 amide bonds. The van der Waals surface area contributed by atoms with Crippen molar-refractivity contribution in [2.24, 2.45) is 0 Å². The Kier molecular flexibility index (Phi) is 18.8. The largest absolute Gasteiger partial charge is 0.480 e. The van der Waals surface area contributed by atoms with Gasteiger partial charge < -0.3 is 15.7 Å². The topological polar surface area (TPSA) is 95.5 Å². The molecule has 0 saturated heterocycles. The zero-order valence-electron chi connectivity index (χ0n) is 19.0. The Morgan fingerprint density at radius 1 is 0.903 bits per heavy atom. The number of nitrogens with one attached hydrogen (secondary N) is 2. The minimum atomic E-state index is -1.05. The van der Waals surface area contributed by atoms with Gasteiger partial charge >= 0.3 is 5.97 Å². The number of thioether (sulfide) groups is 1. The number of rotatable bonds is 15. The van der Waals surface area contributed by atoms with Gasteiger partial charge in [-0.05, 0) is 53.4 Å². The molecule has 0 saturated carbocycles. The Balaban J connectivity index is 0.